The summed E-state index contributed by atoms with van der Waals surface area (Å²) in [4.78, 5) is 22.7. The van der Waals surface area contributed by atoms with Crippen molar-refractivity contribution >= 4 is 28.3 Å². The van der Waals surface area contributed by atoms with Crippen LogP contribution < -0.4 is 4.90 Å². The first-order valence-electron chi connectivity index (χ1n) is 6.70. The second kappa shape index (κ2) is 4.82. The van der Waals surface area contributed by atoms with E-state index in [4.69, 9.17) is 0 Å². The zero-order chi connectivity index (χ0) is 13.4. The summed E-state index contributed by atoms with van der Waals surface area (Å²) < 4.78 is 0. The number of aromatic nitrogens is 5. The number of imidazole rings is 1. The highest BCUT2D eigenvalue weighted by Gasteiger charge is 2.25. The number of fused-ring (bicyclic) bond motifs is 1. The molecule has 0 aromatic carbocycles. The second-order valence-corrected chi connectivity index (χ2v) is 5.88. The summed E-state index contributed by atoms with van der Waals surface area (Å²) in [6, 6.07) is 0. The molecular weight excluding hydrogens is 272 g/mol. The maximum absolute atomic E-state index is 4.46. The van der Waals surface area contributed by atoms with E-state index >= 15 is 0 Å². The van der Waals surface area contributed by atoms with Gasteiger partial charge < -0.3 is 9.88 Å². The fourth-order valence-electron chi connectivity index (χ4n) is 2.80. The van der Waals surface area contributed by atoms with Crippen LogP contribution in [0.15, 0.2) is 24.2 Å². The molecule has 1 N–H and O–H groups in total. The number of rotatable bonds is 2. The molecule has 0 saturated carbocycles. The predicted octanol–water partition coefficient (Wildman–Crippen LogP) is 2.19. The van der Waals surface area contributed by atoms with Crippen LogP contribution in [0.5, 0.6) is 0 Å². The van der Waals surface area contributed by atoms with Crippen molar-refractivity contribution in [1.82, 2.24) is 24.9 Å². The highest BCUT2D eigenvalue weighted by atomic mass is 32.1. The molecule has 1 atom stereocenters. The minimum Gasteiger partial charge on any atom is -0.354 e. The standard InChI is InChI=1S/C13H14N6S/c1-2-9(13-14-3-5-20-13)6-19(4-1)12-10-11(16-7-15-10)17-8-18-12/h3,5,7-9H,1-2,4,6H2,(H,15,16,17,18). The van der Waals surface area contributed by atoms with Gasteiger partial charge in [0, 0.05) is 30.6 Å². The Bertz CT molecular complexity index is 707. The smallest absolute Gasteiger partial charge is 0.182 e. The van der Waals surface area contributed by atoms with E-state index in [1.54, 1.807) is 24.0 Å². The Morgan fingerprint density at radius 2 is 2.25 bits per heavy atom. The molecule has 0 radical (unpaired) electrons. The first kappa shape index (κ1) is 11.8. The summed E-state index contributed by atoms with van der Waals surface area (Å²) in [5.74, 6) is 1.45. The second-order valence-electron chi connectivity index (χ2n) is 4.95. The average Bonchev–Trinajstić information content (AvgIpc) is 3.18. The monoisotopic (exact) mass is 286 g/mol. The summed E-state index contributed by atoms with van der Waals surface area (Å²) in [7, 11) is 0. The third-order valence-electron chi connectivity index (χ3n) is 3.72. The molecule has 3 aromatic heterocycles. The molecule has 4 heterocycles. The molecule has 0 spiro atoms. The van der Waals surface area contributed by atoms with Crippen LogP contribution in [0.25, 0.3) is 11.2 Å². The van der Waals surface area contributed by atoms with Crippen molar-refractivity contribution in [3.63, 3.8) is 0 Å². The van der Waals surface area contributed by atoms with Gasteiger partial charge in [0.1, 0.15) is 11.8 Å². The van der Waals surface area contributed by atoms with Crippen LogP contribution in [0, 0.1) is 0 Å². The zero-order valence-electron chi connectivity index (χ0n) is 10.9. The lowest BCUT2D eigenvalue weighted by atomic mass is 9.99. The van der Waals surface area contributed by atoms with Crippen molar-refractivity contribution in [3.05, 3.63) is 29.2 Å². The van der Waals surface area contributed by atoms with Gasteiger partial charge in [0.25, 0.3) is 0 Å². The van der Waals surface area contributed by atoms with Gasteiger partial charge in [0.2, 0.25) is 0 Å². The minimum atomic E-state index is 0.497. The summed E-state index contributed by atoms with van der Waals surface area (Å²) in [6.45, 7) is 1.98. The highest BCUT2D eigenvalue weighted by molar-refractivity contribution is 7.09. The fraction of sp³-hybridized carbons (Fsp3) is 0.385. The third kappa shape index (κ3) is 1.94. The minimum absolute atomic E-state index is 0.497. The molecule has 1 aliphatic rings. The van der Waals surface area contributed by atoms with Gasteiger partial charge in [-0.2, -0.15) is 0 Å². The van der Waals surface area contributed by atoms with E-state index in [1.807, 2.05) is 11.6 Å². The third-order valence-corrected chi connectivity index (χ3v) is 4.66. The van der Waals surface area contributed by atoms with Crippen LogP contribution in [-0.4, -0.2) is 38.0 Å². The summed E-state index contributed by atoms with van der Waals surface area (Å²) >= 11 is 1.74. The van der Waals surface area contributed by atoms with E-state index < -0.39 is 0 Å². The molecule has 102 valence electrons. The summed E-state index contributed by atoms with van der Waals surface area (Å²) in [6.07, 6.45) is 7.50. The van der Waals surface area contributed by atoms with Crippen molar-refractivity contribution in [3.8, 4) is 0 Å². The summed E-state index contributed by atoms with van der Waals surface area (Å²) in [5.41, 5.74) is 1.65. The van der Waals surface area contributed by atoms with Crippen LogP contribution >= 0.6 is 11.3 Å². The molecule has 0 aliphatic carbocycles. The van der Waals surface area contributed by atoms with Crippen LogP contribution in [0.2, 0.25) is 0 Å². The predicted molar refractivity (Wildman–Crippen MR) is 78.0 cm³/mol. The maximum atomic E-state index is 4.46. The molecule has 7 heteroatoms. The lowest BCUT2D eigenvalue weighted by molar-refractivity contribution is 0.506. The number of hydrogen-bond acceptors (Lipinski definition) is 6. The molecule has 6 nitrogen and oxygen atoms in total. The molecule has 1 aliphatic heterocycles. The van der Waals surface area contributed by atoms with Gasteiger partial charge in [-0.05, 0) is 12.8 Å². The lowest BCUT2D eigenvalue weighted by Crippen LogP contribution is -2.35. The van der Waals surface area contributed by atoms with Crippen molar-refractivity contribution < 1.29 is 0 Å². The Morgan fingerprint density at radius 3 is 3.15 bits per heavy atom. The Balaban J connectivity index is 1.66. The Labute approximate surface area is 119 Å². The molecular formula is C13H14N6S. The molecule has 1 fully saturated rings. The molecule has 20 heavy (non-hydrogen) atoms. The largest absolute Gasteiger partial charge is 0.354 e. The van der Waals surface area contributed by atoms with Gasteiger partial charge >= 0.3 is 0 Å². The number of nitrogens with zero attached hydrogens (tertiary/aromatic N) is 5. The molecule has 0 bridgehead atoms. The quantitative estimate of drug-likeness (QED) is 0.782. The van der Waals surface area contributed by atoms with Crippen LogP contribution in [-0.2, 0) is 0 Å². The van der Waals surface area contributed by atoms with Gasteiger partial charge in [-0.3, -0.25) is 0 Å². The molecule has 1 unspecified atom stereocenters. The van der Waals surface area contributed by atoms with Crippen molar-refractivity contribution in [2.24, 2.45) is 0 Å². The maximum Gasteiger partial charge on any atom is 0.182 e. The van der Waals surface area contributed by atoms with Crippen LogP contribution in [0.4, 0.5) is 5.82 Å². The number of piperidine rings is 1. The van der Waals surface area contributed by atoms with Gasteiger partial charge in [0.15, 0.2) is 11.5 Å². The average molecular weight is 286 g/mol. The first-order valence-corrected chi connectivity index (χ1v) is 7.58. The van der Waals surface area contributed by atoms with E-state index in [2.05, 4.69) is 29.8 Å². The highest BCUT2D eigenvalue weighted by Crippen LogP contribution is 2.31. The van der Waals surface area contributed by atoms with E-state index in [1.165, 1.54) is 11.4 Å². The van der Waals surface area contributed by atoms with Gasteiger partial charge in [0.05, 0.1) is 11.3 Å². The zero-order valence-corrected chi connectivity index (χ0v) is 11.7. The first-order chi connectivity index (χ1) is 9.92. The Morgan fingerprint density at radius 1 is 1.25 bits per heavy atom. The van der Waals surface area contributed by atoms with E-state index in [-0.39, 0.29) is 0 Å². The number of H-pyrrole nitrogens is 1. The topological polar surface area (TPSA) is 70.6 Å². The number of nitrogens with one attached hydrogen (secondary N) is 1. The SMILES string of the molecule is c1csc(C2CCCN(c3ncnc4nc[nH]c34)C2)n1. The van der Waals surface area contributed by atoms with Gasteiger partial charge in [-0.1, -0.05) is 0 Å². The van der Waals surface area contributed by atoms with E-state index in [0.717, 1.165) is 36.5 Å². The van der Waals surface area contributed by atoms with E-state index in [0.29, 0.717) is 5.92 Å². The lowest BCUT2D eigenvalue weighted by Gasteiger charge is -2.32. The van der Waals surface area contributed by atoms with Gasteiger partial charge in [-0.25, -0.2) is 19.9 Å². The number of hydrogen-bond donors (Lipinski definition) is 1. The van der Waals surface area contributed by atoms with Crippen molar-refractivity contribution in [2.45, 2.75) is 18.8 Å². The van der Waals surface area contributed by atoms with E-state index in [9.17, 15) is 0 Å². The molecule has 0 amide bonds. The van der Waals surface area contributed by atoms with Crippen molar-refractivity contribution in [1.29, 1.82) is 0 Å². The molecule has 3 aromatic rings. The fourth-order valence-corrected chi connectivity index (χ4v) is 3.57. The Hall–Kier alpha value is -2.02. The van der Waals surface area contributed by atoms with Gasteiger partial charge in [-0.15, -0.1) is 11.3 Å². The number of anilines is 1. The number of aromatic amines is 1. The molecule has 4 rings (SSSR count). The normalized spacial score (nSPS) is 19.6. The van der Waals surface area contributed by atoms with Crippen molar-refractivity contribution in [2.75, 3.05) is 18.0 Å². The molecule has 1 saturated heterocycles. The Kier molecular flexibility index (Phi) is 2.84. The van der Waals surface area contributed by atoms with Crippen LogP contribution in [0.1, 0.15) is 23.8 Å². The summed E-state index contributed by atoms with van der Waals surface area (Å²) in [5, 5.41) is 3.27. The number of thiazole rings is 1. The van der Waals surface area contributed by atoms with Crippen LogP contribution in [0.3, 0.4) is 0 Å².